The molecule has 0 saturated carbocycles. The Hall–Kier alpha value is -2.62. The van der Waals surface area contributed by atoms with Gasteiger partial charge in [0.2, 0.25) is 11.8 Å². The molecule has 0 bridgehead atoms. The van der Waals surface area contributed by atoms with Gasteiger partial charge in [0.15, 0.2) is 0 Å². The van der Waals surface area contributed by atoms with Crippen LogP contribution in [0, 0.1) is 0 Å². The number of benzene rings is 2. The lowest BCUT2D eigenvalue weighted by Gasteiger charge is -2.21. The minimum atomic E-state index is -0.214. The zero-order chi connectivity index (χ0) is 17.5. The summed E-state index contributed by atoms with van der Waals surface area (Å²) in [4.78, 5) is 25.7. The van der Waals surface area contributed by atoms with Crippen molar-refractivity contribution in [3.63, 3.8) is 0 Å². The molecule has 0 atom stereocenters. The quantitative estimate of drug-likeness (QED) is 0.878. The van der Waals surface area contributed by atoms with Crippen molar-refractivity contribution in [2.24, 2.45) is 0 Å². The predicted molar refractivity (Wildman–Crippen MR) is 98.3 cm³/mol. The lowest BCUT2D eigenvalue weighted by Crippen LogP contribution is -2.36. The van der Waals surface area contributed by atoms with E-state index in [2.05, 4.69) is 19.2 Å². The van der Waals surface area contributed by atoms with Gasteiger partial charge in [0, 0.05) is 18.3 Å². The molecule has 126 valence electrons. The molecule has 0 aliphatic rings. The van der Waals surface area contributed by atoms with E-state index in [1.54, 1.807) is 0 Å². The summed E-state index contributed by atoms with van der Waals surface area (Å²) < 4.78 is 0. The number of hydrogen-bond acceptors (Lipinski definition) is 2. The van der Waals surface area contributed by atoms with Crippen LogP contribution in [-0.4, -0.2) is 18.4 Å². The molecule has 0 aromatic heterocycles. The van der Waals surface area contributed by atoms with E-state index >= 15 is 0 Å². The number of carbonyl (C=O) groups is 2. The maximum Gasteiger partial charge on any atom is 0.244 e. The number of hydrogen-bond donors (Lipinski definition) is 1. The number of carbonyl (C=O) groups excluding carboxylic acids is 2. The van der Waals surface area contributed by atoms with Gasteiger partial charge >= 0.3 is 0 Å². The normalized spacial score (nSPS) is 10.3. The lowest BCUT2D eigenvalue weighted by molar-refractivity contribution is -0.120. The average molecular weight is 324 g/mol. The Morgan fingerprint density at radius 2 is 1.38 bits per heavy atom. The predicted octanol–water partition coefficient (Wildman–Crippen LogP) is 3.80. The van der Waals surface area contributed by atoms with Crippen LogP contribution in [0.4, 0.5) is 11.4 Å². The van der Waals surface area contributed by atoms with Crippen molar-refractivity contribution in [1.29, 1.82) is 0 Å². The third-order valence-corrected chi connectivity index (χ3v) is 3.98. The number of nitrogens with one attached hydrogen (secondary N) is 1. The molecule has 0 unspecified atom stereocenters. The number of amides is 2. The molecule has 24 heavy (non-hydrogen) atoms. The van der Waals surface area contributed by atoms with E-state index in [1.807, 2.05) is 48.5 Å². The second kappa shape index (κ2) is 8.29. The fraction of sp³-hybridized carbons (Fsp3) is 0.300. The van der Waals surface area contributed by atoms with Gasteiger partial charge in [-0.2, -0.15) is 0 Å². The maximum absolute atomic E-state index is 12.3. The molecule has 0 spiro atoms. The average Bonchev–Trinajstić information content (AvgIpc) is 2.60. The lowest BCUT2D eigenvalue weighted by atomic mass is 10.1. The van der Waals surface area contributed by atoms with Crippen molar-refractivity contribution in [1.82, 2.24) is 0 Å². The fourth-order valence-corrected chi connectivity index (χ4v) is 2.46. The van der Waals surface area contributed by atoms with Crippen molar-refractivity contribution >= 4 is 23.2 Å². The van der Waals surface area contributed by atoms with E-state index in [1.165, 1.54) is 23.0 Å². The fourth-order valence-electron chi connectivity index (χ4n) is 2.46. The van der Waals surface area contributed by atoms with Gasteiger partial charge in [0.1, 0.15) is 6.54 Å². The molecule has 0 radical (unpaired) electrons. The van der Waals surface area contributed by atoms with Crippen LogP contribution in [0.25, 0.3) is 0 Å². The first-order chi connectivity index (χ1) is 11.5. The molecule has 0 saturated heterocycles. The summed E-state index contributed by atoms with van der Waals surface area (Å²) in [5, 5.41) is 2.84. The summed E-state index contributed by atoms with van der Waals surface area (Å²) in [6.07, 6.45) is 1.90. The minimum absolute atomic E-state index is 0.00364. The second-order valence-electron chi connectivity index (χ2n) is 5.72. The number of anilines is 2. The Morgan fingerprint density at radius 3 is 1.83 bits per heavy atom. The van der Waals surface area contributed by atoms with Gasteiger partial charge in [0.05, 0.1) is 0 Å². The number of nitrogens with zero attached hydrogens (tertiary/aromatic N) is 1. The minimum Gasteiger partial charge on any atom is -0.325 e. The van der Waals surface area contributed by atoms with Crippen molar-refractivity contribution in [2.75, 3.05) is 16.8 Å². The van der Waals surface area contributed by atoms with Crippen LogP contribution >= 0.6 is 0 Å². The first kappa shape index (κ1) is 17.7. The highest BCUT2D eigenvalue weighted by atomic mass is 16.2. The molecule has 4 heteroatoms. The van der Waals surface area contributed by atoms with Crippen molar-refractivity contribution < 1.29 is 9.59 Å². The highest BCUT2D eigenvalue weighted by Gasteiger charge is 2.15. The molecule has 4 nitrogen and oxygen atoms in total. The smallest absolute Gasteiger partial charge is 0.244 e. The molecule has 2 amide bonds. The number of rotatable bonds is 6. The summed E-state index contributed by atoms with van der Waals surface area (Å²) >= 11 is 0. The summed E-state index contributed by atoms with van der Waals surface area (Å²) in [5.74, 6) is -0.371. The van der Waals surface area contributed by atoms with E-state index in [-0.39, 0.29) is 18.4 Å². The Labute approximate surface area is 143 Å². The topological polar surface area (TPSA) is 49.4 Å². The summed E-state index contributed by atoms with van der Waals surface area (Å²) in [5.41, 5.74) is 3.88. The van der Waals surface area contributed by atoms with Gasteiger partial charge in [-0.25, -0.2) is 0 Å². The molecule has 2 aromatic carbocycles. The molecule has 1 N–H and O–H groups in total. The summed E-state index contributed by atoms with van der Waals surface area (Å²) in [6, 6.07) is 15.5. The molecule has 2 rings (SSSR count). The van der Waals surface area contributed by atoms with Crippen LogP contribution in [0.15, 0.2) is 48.5 Å². The van der Waals surface area contributed by atoms with E-state index in [0.717, 1.165) is 24.2 Å². The maximum atomic E-state index is 12.3. The zero-order valence-electron chi connectivity index (χ0n) is 14.5. The van der Waals surface area contributed by atoms with Crippen LogP contribution < -0.4 is 10.2 Å². The summed E-state index contributed by atoms with van der Waals surface area (Å²) in [6.45, 7) is 5.63. The van der Waals surface area contributed by atoms with Crippen LogP contribution in [0.1, 0.15) is 31.9 Å². The van der Waals surface area contributed by atoms with Gasteiger partial charge in [-0.3, -0.25) is 9.59 Å². The Kier molecular flexibility index (Phi) is 6.13. The molecule has 0 heterocycles. The van der Waals surface area contributed by atoms with Gasteiger partial charge < -0.3 is 10.2 Å². The molecule has 0 aliphatic heterocycles. The Morgan fingerprint density at radius 1 is 0.875 bits per heavy atom. The van der Waals surface area contributed by atoms with Crippen LogP contribution in [0.3, 0.4) is 0 Å². The third-order valence-electron chi connectivity index (χ3n) is 3.98. The molecule has 2 aromatic rings. The third kappa shape index (κ3) is 4.69. The highest BCUT2D eigenvalue weighted by Crippen LogP contribution is 2.16. The zero-order valence-corrected chi connectivity index (χ0v) is 14.5. The first-order valence-corrected chi connectivity index (χ1v) is 8.29. The van der Waals surface area contributed by atoms with Crippen molar-refractivity contribution in [3.05, 3.63) is 59.7 Å². The van der Waals surface area contributed by atoms with Crippen LogP contribution in [0.5, 0.6) is 0 Å². The van der Waals surface area contributed by atoms with E-state index in [9.17, 15) is 9.59 Å². The van der Waals surface area contributed by atoms with E-state index in [0.29, 0.717) is 0 Å². The van der Waals surface area contributed by atoms with Gasteiger partial charge in [-0.15, -0.1) is 0 Å². The van der Waals surface area contributed by atoms with Crippen molar-refractivity contribution in [2.45, 2.75) is 33.6 Å². The van der Waals surface area contributed by atoms with E-state index in [4.69, 9.17) is 0 Å². The summed E-state index contributed by atoms with van der Waals surface area (Å²) in [7, 11) is 0. The van der Waals surface area contributed by atoms with E-state index < -0.39 is 0 Å². The van der Waals surface area contributed by atoms with Gasteiger partial charge in [-0.1, -0.05) is 38.1 Å². The van der Waals surface area contributed by atoms with Gasteiger partial charge in [0.25, 0.3) is 0 Å². The molecule has 0 fully saturated rings. The largest absolute Gasteiger partial charge is 0.325 e. The Bertz CT molecular complexity index is 691. The Balaban J connectivity index is 2.05. The first-order valence-electron chi connectivity index (χ1n) is 8.29. The molecular formula is C20H24N2O2. The SMILES string of the molecule is CCc1ccc(NC(=O)CN(C(C)=O)c2ccc(CC)cc2)cc1. The highest BCUT2D eigenvalue weighted by molar-refractivity contribution is 6.01. The van der Waals surface area contributed by atoms with Crippen LogP contribution in [0.2, 0.25) is 0 Å². The standard InChI is InChI=1S/C20H24N2O2/c1-4-16-6-10-18(11-7-16)21-20(24)14-22(15(3)23)19-12-8-17(5-2)9-13-19/h6-13H,4-5,14H2,1-3H3,(H,21,24). The monoisotopic (exact) mass is 324 g/mol. The molecule has 0 aliphatic carbocycles. The second-order valence-corrected chi connectivity index (χ2v) is 5.72. The van der Waals surface area contributed by atoms with Crippen LogP contribution in [-0.2, 0) is 22.4 Å². The number of aryl methyl sites for hydroxylation is 2. The van der Waals surface area contributed by atoms with Gasteiger partial charge in [-0.05, 0) is 48.2 Å². The molecular weight excluding hydrogens is 300 g/mol. The van der Waals surface area contributed by atoms with Crippen molar-refractivity contribution in [3.8, 4) is 0 Å².